The lowest BCUT2D eigenvalue weighted by atomic mass is 10.0. The number of hydrogen-bond donors (Lipinski definition) is 1. The van der Waals surface area contributed by atoms with Crippen molar-refractivity contribution in [2.75, 3.05) is 33.9 Å². The average molecular weight is 397 g/mol. The van der Waals surface area contributed by atoms with Gasteiger partial charge in [-0.3, -0.25) is 0 Å². The van der Waals surface area contributed by atoms with E-state index in [-0.39, 0.29) is 9.92 Å². The number of nitrogens with one attached hydrogen (secondary N) is 1. The normalized spacial score (nSPS) is 18.5. The highest BCUT2D eigenvalue weighted by Crippen LogP contribution is 2.36. The Hall–Kier alpha value is -1.80. The summed E-state index contributed by atoms with van der Waals surface area (Å²) in [7, 11) is -0.757. The van der Waals surface area contributed by atoms with Crippen LogP contribution in [0.25, 0.3) is 0 Å². The number of para-hydroxylation sites is 1. The average Bonchev–Trinajstić information content (AvgIpc) is 2.68. The van der Waals surface area contributed by atoms with Gasteiger partial charge >= 0.3 is 0 Å². The van der Waals surface area contributed by atoms with Crippen molar-refractivity contribution in [2.45, 2.75) is 10.9 Å². The van der Waals surface area contributed by atoms with Gasteiger partial charge in [0, 0.05) is 31.3 Å². The number of ether oxygens (including phenoxy) is 2. The molecule has 2 aromatic rings. The number of rotatable bonds is 5. The number of sulfonamides is 1. The molecule has 0 bridgehead atoms. The summed E-state index contributed by atoms with van der Waals surface area (Å²) in [5.41, 5.74) is 0.810. The van der Waals surface area contributed by atoms with Crippen LogP contribution in [-0.4, -0.2) is 46.6 Å². The molecule has 26 heavy (non-hydrogen) atoms. The van der Waals surface area contributed by atoms with E-state index < -0.39 is 16.1 Å². The van der Waals surface area contributed by atoms with Crippen molar-refractivity contribution in [3.8, 4) is 11.5 Å². The molecule has 0 saturated carbocycles. The highest BCUT2D eigenvalue weighted by molar-refractivity contribution is 7.89. The molecule has 0 amide bonds. The maximum atomic E-state index is 13.4. The van der Waals surface area contributed by atoms with Gasteiger partial charge in [0.05, 0.1) is 25.3 Å². The van der Waals surface area contributed by atoms with Crippen LogP contribution in [0.2, 0.25) is 5.02 Å². The Kier molecular flexibility index (Phi) is 5.72. The Morgan fingerprint density at radius 3 is 2.65 bits per heavy atom. The summed E-state index contributed by atoms with van der Waals surface area (Å²) in [5.74, 6) is 1.09. The summed E-state index contributed by atoms with van der Waals surface area (Å²) in [6, 6.07) is 11.7. The highest BCUT2D eigenvalue weighted by atomic mass is 35.5. The first-order valence-electron chi connectivity index (χ1n) is 8.18. The fraction of sp³-hybridized carbons (Fsp3) is 0.333. The minimum Gasteiger partial charge on any atom is -0.497 e. The number of hydrogen-bond acceptors (Lipinski definition) is 5. The summed E-state index contributed by atoms with van der Waals surface area (Å²) in [5, 5.41) is 3.43. The van der Waals surface area contributed by atoms with Crippen LogP contribution in [0.3, 0.4) is 0 Å². The molecule has 0 aromatic heterocycles. The van der Waals surface area contributed by atoms with E-state index in [1.54, 1.807) is 13.2 Å². The van der Waals surface area contributed by atoms with Crippen molar-refractivity contribution in [1.29, 1.82) is 0 Å². The molecule has 8 heteroatoms. The quantitative estimate of drug-likeness (QED) is 0.841. The molecule has 2 aromatic carbocycles. The fourth-order valence-corrected chi connectivity index (χ4v) is 5.21. The Bertz CT molecular complexity index is 889. The first-order chi connectivity index (χ1) is 12.5. The van der Waals surface area contributed by atoms with Crippen LogP contribution < -0.4 is 14.8 Å². The molecule has 1 heterocycles. The second kappa shape index (κ2) is 7.84. The zero-order chi connectivity index (χ0) is 18.7. The molecule has 0 radical (unpaired) electrons. The summed E-state index contributed by atoms with van der Waals surface area (Å²) >= 11 is 6.21. The minimum atomic E-state index is -3.82. The zero-order valence-electron chi connectivity index (χ0n) is 14.6. The molecule has 1 aliphatic heterocycles. The molecule has 1 aliphatic rings. The number of benzene rings is 2. The van der Waals surface area contributed by atoms with Crippen molar-refractivity contribution in [2.24, 2.45) is 0 Å². The van der Waals surface area contributed by atoms with Gasteiger partial charge in [-0.2, -0.15) is 4.31 Å². The van der Waals surface area contributed by atoms with Gasteiger partial charge in [-0.1, -0.05) is 29.8 Å². The summed E-state index contributed by atoms with van der Waals surface area (Å²) in [6.45, 7) is 1.38. The van der Waals surface area contributed by atoms with Crippen LogP contribution in [0.1, 0.15) is 11.6 Å². The predicted molar refractivity (Wildman–Crippen MR) is 101 cm³/mol. The molecule has 1 unspecified atom stereocenters. The van der Waals surface area contributed by atoms with E-state index in [4.69, 9.17) is 21.1 Å². The van der Waals surface area contributed by atoms with Gasteiger partial charge < -0.3 is 14.8 Å². The maximum absolute atomic E-state index is 13.4. The largest absolute Gasteiger partial charge is 0.497 e. The van der Waals surface area contributed by atoms with Crippen LogP contribution >= 0.6 is 11.6 Å². The SMILES string of the molecule is COc1ccc(Cl)c(S(=O)(=O)N2CCNCC2c2ccccc2OC)c1. The molecular weight excluding hydrogens is 376 g/mol. The summed E-state index contributed by atoms with van der Waals surface area (Å²) in [4.78, 5) is 0.0420. The minimum absolute atomic E-state index is 0.0420. The van der Waals surface area contributed by atoms with Crippen molar-refractivity contribution >= 4 is 21.6 Å². The third-order valence-corrected chi connectivity index (χ3v) is 6.81. The Labute approximate surface area is 158 Å². The van der Waals surface area contributed by atoms with E-state index in [1.165, 1.54) is 23.5 Å². The number of halogens is 1. The van der Waals surface area contributed by atoms with Gasteiger partial charge in [-0.15, -0.1) is 0 Å². The topological polar surface area (TPSA) is 67.9 Å². The summed E-state index contributed by atoms with van der Waals surface area (Å²) < 4.78 is 38.8. The lowest BCUT2D eigenvalue weighted by Gasteiger charge is -2.36. The highest BCUT2D eigenvalue weighted by Gasteiger charge is 2.37. The van der Waals surface area contributed by atoms with Crippen LogP contribution in [0.15, 0.2) is 47.4 Å². The molecule has 6 nitrogen and oxygen atoms in total. The monoisotopic (exact) mass is 396 g/mol. The van der Waals surface area contributed by atoms with Gasteiger partial charge in [0.1, 0.15) is 16.4 Å². The van der Waals surface area contributed by atoms with E-state index in [9.17, 15) is 8.42 Å². The molecule has 3 rings (SSSR count). The van der Waals surface area contributed by atoms with Gasteiger partial charge in [-0.25, -0.2) is 8.42 Å². The van der Waals surface area contributed by atoms with E-state index in [1.807, 2.05) is 24.3 Å². The number of methoxy groups -OCH3 is 2. The van der Waals surface area contributed by atoms with Gasteiger partial charge in [0.15, 0.2) is 0 Å². The smallest absolute Gasteiger partial charge is 0.245 e. The predicted octanol–water partition coefficient (Wildman–Crippen LogP) is 2.69. The second-order valence-corrected chi connectivity index (χ2v) is 8.14. The van der Waals surface area contributed by atoms with E-state index >= 15 is 0 Å². The Balaban J connectivity index is 2.07. The van der Waals surface area contributed by atoms with Gasteiger partial charge in [-0.05, 0) is 18.2 Å². The third-order valence-electron chi connectivity index (χ3n) is 4.42. The maximum Gasteiger partial charge on any atom is 0.245 e. The number of piperazine rings is 1. The lowest BCUT2D eigenvalue weighted by Crippen LogP contribution is -2.48. The Morgan fingerprint density at radius 2 is 1.92 bits per heavy atom. The van der Waals surface area contributed by atoms with Crippen molar-refractivity contribution in [1.82, 2.24) is 9.62 Å². The standard InChI is InChI=1S/C18H21ClN2O4S/c1-24-13-7-8-15(19)18(11-13)26(22,23)21-10-9-20-12-16(21)14-5-3-4-6-17(14)25-2/h3-8,11,16,20H,9-10,12H2,1-2H3. The van der Waals surface area contributed by atoms with Crippen molar-refractivity contribution in [3.05, 3.63) is 53.1 Å². The first kappa shape index (κ1) is 19.0. The Morgan fingerprint density at radius 1 is 1.15 bits per heavy atom. The van der Waals surface area contributed by atoms with E-state index in [0.29, 0.717) is 31.1 Å². The molecular formula is C18H21ClN2O4S. The second-order valence-electron chi connectivity index (χ2n) is 5.87. The molecule has 0 aliphatic carbocycles. The summed E-state index contributed by atoms with van der Waals surface area (Å²) in [6.07, 6.45) is 0. The van der Waals surface area contributed by atoms with Crippen LogP contribution in [-0.2, 0) is 10.0 Å². The molecule has 1 N–H and O–H groups in total. The van der Waals surface area contributed by atoms with Gasteiger partial charge in [0.25, 0.3) is 0 Å². The van der Waals surface area contributed by atoms with Crippen molar-refractivity contribution in [3.63, 3.8) is 0 Å². The fourth-order valence-electron chi connectivity index (χ4n) is 3.11. The number of nitrogens with zero attached hydrogens (tertiary/aromatic N) is 1. The van der Waals surface area contributed by atoms with Crippen LogP contribution in [0.4, 0.5) is 0 Å². The van der Waals surface area contributed by atoms with Gasteiger partial charge in [0.2, 0.25) is 10.0 Å². The van der Waals surface area contributed by atoms with Crippen molar-refractivity contribution < 1.29 is 17.9 Å². The molecule has 140 valence electrons. The molecule has 1 saturated heterocycles. The first-order valence-corrected chi connectivity index (χ1v) is 10.00. The van der Waals surface area contributed by atoms with E-state index in [2.05, 4.69) is 5.32 Å². The zero-order valence-corrected chi connectivity index (χ0v) is 16.2. The molecule has 0 spiro atoms. The van der Waals surface area contributed by atoms with Crippen LogP contribution in [0.5, 0.6) is 11.5 Å². The lowest BCUT2D eigenvalue weighted by molar-refractivity contribution is 0.264. The third kappa shape index (κ3) is 3.53. The molecule has 1 fully saturated rings. The molecule has 1 atom stereocenters. The van der Waals surface area contributed by atoms with E-state index in [0.717, 1.165) is 5.56 Å². The van der Waals surface area contributed by atoms with Crippen LogP contribution in [0, 0.1) is 0 Å².